The van der Waals surface area contributed by atoms with Gasteiger partial charge in [-0.2, -0.15) is 0 Å². The molecule has 116 valence electrons. The molecule has 1 aliphatic rings. The molecule has 1 aromatic carbocycles. The zero-order valence-electron chi connectivity index (χ0n) is 12.8. The quantitative estimate of drug-likeness (QED) is 0.872. The monoisotopic (exact) mass is 292 g/mol. The molecule has 1 atom stereocenters. The smallest absolute Gasteiger partial charge is 0.238 e. The molecule has 21 heavy (non-hydrogen) atoms. The van der Waals surface area contributed by atoms with Crippen LogP contribution in [0.1, 0.15) is 19.3 Å². The van der Waals surface area contributed by atoms with E-state index in [9.17, 15) is 4.79 Å². The molecule has 0 radical (unpaired) electrons. The molecule has 0 saturated carbocycles. The van der Waals surface area contributed by atoms with E-state index in [-0.39, 0.29) is 12.0 Å². The van der Waals surface area contributed by atoms with Gasteiger partial charge in [-0.25, -0.2) is 0 Å². The second-order valence-corrected chi connectivity index (χ2v) is 5.46. The Morgan fingerprint density at radius 3 is 2.76 bits per heavy atom. The summed E-state index contributed by atoms with van der Waals surface area (Å²) in [6.45, 7) is 2.01. The van der Waals surface area contributed by atoms with Crippen molar-refractivity contribution < 1.29 is 14.3 Å². The van der Waals surface area contributed by atoms with Crippen molar-refractivity contribution in [1.29, 1.82) is 0 Å². The number of likely N-dealkylation sites (N-methyl/N-ethyl adjacent to an activating group) is 1. The second-order valence-electron chi connectivity index (χ2n) is 5.46. The number of carbonyl (C=O) groups is 1. The fourth-order valence-electron chi connectivity index (χ4n) is 2.48. The summed E-state index contributed by atoms with van der Waals surface area (Å²) in [4.78, 5) is 14.0. The molecule has 5 heteroatoms. The highest BCUT2D eigenvalue weighted by Crippen LogP contribution is 2.15. The highest BCUT2D eigenvalue weighted by molar-refractivity contribution is 5.92. The summed E-state index contributed by atoms with van der Waals surface area (Å²) in [6.07, 6.45) is 3.72. The molecule has 1 heterocycles. The Bertz CT molecular complexity index is 441. The van der Waals surface area contributed by atoms with Gasteiger partial charge in [-0.3, -0.25) is 9.69 Å². The average molecular weight is 292 g/mol. The maximum Gasteiger partial charge on any atom is 0.238 e. The number of hydrogen-bond donors (Lipinski definition) is 1. The Kier molecular flexibility index (Phi) is 6.02. The van der Waals surface area contributed by atoms with Crippen molar-refractivity contribution in [2.45, 2.75) is 25.4 Å². The first-order valence-corrected chi connectivity index (χ1v) is 7.41. The molecule has 1 aromatic rings. The number of benzene rings is 1. The van der Waals surface area contributed by atoms with Crippen LogP contribution >= 0.6 is 0 Å². The standard InChI is InChI=1S/C16H24N2O3/c1-18(11-15-5-3-4-10-21-15)12-16(19)17-13-6-8-14(20-2)9-7-13/h6-9,15H,3-5,10-12H2,1-2H3,(H,17,19)/t15-/m1/s1. The lowest BCUT2D eigenvalue weighted by Gasteiger charge is -2.27. The topological polar surface area (TPSA) is 50.8 Å². The Morgan fingerprint density at radius 1 is 1.38 bits per heavy atom. The third-order valence-electron chi connectivity index (χ3n) is 3.58. The van der Waals surface area contributed by atoms with E-state index in [4.69, 9.17) is 9.47 Å². The normalized spacial score (nSPS) is 18.5. The van der Waals surface area contributed by atoms with Crippen molar-refractivity contribution in [1.82, 2.24) is 4.90 Å². The van der Waals surface area contributed by atoms with Crippen LogP contribution in [0.4, 0.5) is 5.69 Å². The molecule has 1 fully saturated rings. The molecular formula is C16H24N2O3. The number of nitrogens with one attached hydrogen (secondary N) is 1. The summed E-state index contributed by atoms with van der Waals surface area (Å²) < 4.78 is 10.8. The number of amides is 1. The number of nitrogens with zero attached hydrogens (tertiary/aromatic N) is 1. The third kappa shape index (κ3) is 5.36. The van der Waals surface area contributed by atoms with Gasteiger partial charge in [0.2, 0.25) is 5.91 Å². The van der Waals surface area contributed by atoms with E-state index in [1.54, 1.807) is 7.11 Å². The minimum Gasteiger partial charge on any atom is -0.497 e. The van der Waals surface area contributed by atoms with Gasteiger partial charge >= 0.3 is 0 Å². The van der Waals surface area contributed by atoms with Crippen LogP contribution in [-0.4, -0.2) is 50.8 Å². The van der Waals surface area contributed by atoms with Crippen LogP contribution in [0.25, 0.3) is 0 Å². The maximum atomic E-state index is 12.0. The SMILES string of the molecule is COc1ccc(NC(=O)CN(C)C[C@H]2CCCCO2)cc1. The number of carbonyl (C=O) groups excluding carboxylic acids is 1. The van der Waals surface area contributed by atoms with Crippen molar-refractivity contribution in [2.24, 2.45) is 0 Å². The van der Waals surface area contributed by atoms with Crippen LogP contribution in [0.15, 0.2) is 24.3 Å². The van der Waals surface area contributed by atoms with Gasteiger partial charge in [0.05, 0.1) is 19.8 Å². The Balaban J connectivity index is 1.74. The number of hydrogen-bond acceptors (Lipinski definition) is 4. The average Bonchev–Trinajstić information content (AvgIpc) is 2.48. The molecule has 1 saturated heterocycles. The first-order valence-electron chi connectivity index (χ1n) is 7.41. The summed E-state index contributed by atoms with van der Waals surface area (Å²) in [6, 6.07) is 7.33. The lowest BCUT2D eigenvalue weighted by molar-refractivity contribution is -0.117. The van der Waals surface area contributed by atoms with Gasteiger partial charge < -0.3 is 14.8 Å². The van der Waals surface area contributed by atoms with Crippen LogP contribution in [0.3, 0.4) is 0 Å². The van der Waals surface area contributed by atoms with E-state index in [0.717, 1.165) is 37.4 Å². The van der Waals surface area contributed by atoms with E-state index < -0.39 is 0 Å². The number of ether oxygens (including phenoxy) is 2. The van der Waals surface area contributed by atoms with Crippen molar-refractivity contribution in [3.05, 3.63) is 24.3 Å². The fraction of sp³-hybridized carbons (Fsp3) is 0.562. The van der Waals surface area contributed by atoms with Gasteiger partial charge in [0.1, 0.15) is 5.75 Å². The van der Waals surface area contributed by atoms with E-state index in [0.29, 0.717) is 6.54 Å². The van der Waals surface area contributed by atoms with Gasteiger partial charge in [-0.05, 0) is 50.6 Å². The molecule has 0 spiro atoms. The Labute approximate surface area is 126 Å². The molecular weight excluding hydrogens is 268 g/mol. The summed E-state index contributed by atoms with van der Waals surface area (Å²) in [5, 5.41) is 2.88. The number of anilines is 1. The molecule has 0 bridgehead atoms. The zero-order chi connectivity index (χ0) is 15.1. The van der Waals surface area contributed by atoms with Crippen LogP contribution in [0.5, 0.6) is 5.75 Å². The van der Waals surface area contributed by atoms with Gasteiger partial charge in [0.25, 0.3) is 0 Å². The number of rotatable bonds is 6. The van der Waals surface area contributed by atoms with Gasteiger partial charge in [-0.1, -0.05) is 0 Å². The molecule has 0 aromatic heterocycles. The number of methoxy groups -OCH3 is 1. The van der Waals surface area contributed by atoms with Crippen molar-refractivity contribution in [3.8, 4) is 5.75 Å². The molecule has 1 aliphatic heterocycles. The van der Waals surface area contributed by atoms with Gasteiger partial charge in [0, 0.05) is 18.8 Å². The second kappa shape index (κ2) is 8.00. The Hall–Kier alpha value is -1.59. The van der Waals surface area contributed by atoms with Crippen molar-refractivity contribution in [3.63, 3.8) is 0 Å². The van der Waals surface area contributed by atoms with Gasteiger partial charge in [-0.15, -0.1) is 0 Å². The third-order valence-corrected chi connectivity index (χ3v) is 3.58. The molecule has 2 rings (SSSR count). The predicted octanol–water partition coefficient (Wildman–Crippen LogP) is 2.13. The lowest BCUT2D eigenvalue weighted by atomic mass is 10.1. The van der Waals surface area contributed by atoms with E-state index in [1.807, 2.05) is 36.2 Å². The largest absolute Gasteiger partial charge is 0.497 e. The summed E-state index contributed by atoms with van der Waals surface area (Å²) in [5.41, 5.74) is 0.781. The maximum absolute atomic E-state index is 12.0. The van der Waals surface area contributed by atoms with E-state index >= 15 is 0 Å². The fourth-order valence-corrected chi connectivity index (χ4v) is 2.48. The minimum absolute atomic E-state index is 0.0153. The Morgan fingerprint density at radius 2 is 2.14 bits per heavy atom. The summed E-state index contributed by atoms with van der Waals surface area (Å²) >= 11 is 0. The van der Waals surface area contributed by atoms with Crippen molar-refractivity contribution in [2.75, 3.05) is 39.2 Å². The van der Waals surface area contributed by atoms with Crippen molar-refractivity contribution >= 4 is 11.6 Å². The van der Waals surface area contributed by atoms with Crippen LogP contribution in [0.2, 0.25) is 0 Å². The molecule has 5 nitrogen and oxygen atoms in total. The first-order chi connectivity index (χ1) is 10.2. The molecule has 0 aliphatic carbocycles. The van der Waals surface area contributed by atoms with Crippen LogP contribution in [0, 0.1) is 0 Å². The molecule has 1 N–H and O–H groups in total. The molecule has 0 unspecified atom stereocenters. The molecule has 1 amide bonds. The highest BCUT2D eigenvalue weighted by Gasteiger charge is 2.17. The highest BCUT2D eigenvalue weighted by atomic mass is 16.5. The summed E-state index contributed by atoms with van der Waals surface area (Å²) in [5.74, 6) is 0.762. The first kappa shape index (κ1) is 15.8. The van der Waals surface area contributed by atoms with E-state index in [2.05, 4.69) is 5.32 Å². The lowest BCUT2D eigenvalue weighted by Crippen LogP contribution is -2.37. The van der Waals surface area contributed by atoms with Crippen LogP contribution in [-0.2, 0) is 9.53 Å². The predicted molar refractivity (Wildman–Crippen MR) is 82.7 cm³/mol. The van der Waals surface area contributed by atoms with Gasteiger partial charge in [0.15, 0.2) is 0 Å². The zero-order valence-corrected chi connectivity index (χ0v) is 12.8. The summed E-state index contributed by atoms with van der Waals surface area (Å²) in [7, 11) is 3.57. The minimum atomic E-state index is -0.0153. The van der Waals surface area contributed by atoms with Crippen LogP contribution < -0.4 is 10.1 Å². The van der Waals surface area contributed by atoms with E-state index in [1.165, 1.54) is 6.42 Å².